The molecule has 8 heteroatoms. The maximum Gasteiger partial charge on any atom is 0.346 e. The van der Waals surface area contributed by atoms with Crippen LogP contribution >= 0.6 is 11.3 Å². The first-order valence-electron chi connectivity index (χ1n) is 6.57. The monoisotopic (exact) mass is 309 g/mol. The van der Waals surface area contributed by atoms with Gasteiger partial charge in [0.2, 0.25) is 5.91 Å². The molecule has 0 radical (unpaired) electrons. The lowest BCUT2D eigenvalue weighted by molar-refractivity contribution is -0.114. The standard InChI is InChI=1S/C13H19N5O2S/c1-8-16-18(13(3,4)5)12(20)17(8)6-10-7-21-11(15-10)14-9(2)19/h7H,6H2,1-5H3,(H,14,15,19). The number of carbonyl (C=O) groups is 1. The highest BCUT2D eigenvalue weighted by atomic mass is 32.1. The highest BCUT2D eigenvalue weighted by Crippen LogP contribution is 2.16. The van der Waals surface area contributed by atoms with Gasteiger partial charge in [-0.15, -0.1) is 11.3 Å². The molecule has 7 nitrogen and oxygen atoms in total. The van der Waals surface area contributed by atoms with E-state index in [0.29, 0.717) is 17.5 Å². The quantitative estimate of drug-likeness (QED) is 0.933. The Morgan fingerprint density at radius 3 is 2.62 bits per heavy atom. The molecular weight excluding hydrogens is 290 g/mol. The summed E-state index contributed by atoms with van der Waals surface area (Å²) in [5, 5.41) is 9.29. The fourth-order valence-electron chi connectivity index (χ4n) is 1.86. The van der Waals surface area contributed by atoms with Crippen molar-refractivity contribution in [2.45, 2.75) is 46.7 Å². The molecule has 0 atom stereocenters. The van der Waals surface area contributed by atoms with Crippen LogP contribution in [0.2, 0.25) is 0 Å². The zero-order chi connectivity index (χ0) is 15.8. The van der Waals surface area contributed by atoms with E-state index < -0.39 is 0 Å². The molecule has 0 saturated heterocycles. The van der Waals surface area contributed by atoms with Gasteiger partial charge in [-0.05, 0) is 27.7 Å². The summed E-state index contributed by atoms with van der Waals surface area (Å²) in [6.45, 7) is 9.37. The van der Waals surface area contributed by atoms with Gasteiger partial charge in [-0.2, -0.15) is 5.10 Å². The maximum absolute atomic E-state index is 12.4. The number of nitrogens with zero attached hydrogens (tertiary/aromatic N) is 4. The van der Waals surface area contributed by atoms with E-state index in [-0.39, 0.29) is 17.1 Å². The van der Waals surface area contributed by atoms with Crippen molar-refractivity contribution in [2.75, 3.05) is 5.32 Å². The van der Waals surface area contributed by atoms with E-state index in [4.69, 9.17) is 0 Å². The first-order chi connectivity index (χ1) is 9.68. The molecule has 0 aliphatic heterocycles. The Kier molecular flexibility index (Phi) is 3.99. The minimum atomic E-state index is -0.365. The Morgan fingerprint density at radius 2 is 2.10 bits per heavy atom. The molecule has 2 rings (SSSR count). The van der Waals surface area contributed by atoms with Crippen LogP contribution in [0.3, 0.4) is 0 Å². The fourth-order valence-corrected chi connectivity index (χ4v) is 2.61. The molecule has 0 aromatic carbocycles. The van der Waals surface area contributed by atoms with Gasteiger partial charge in [-0.25, -0.2) is 14.5 Å². The average molecular weight is 309 g/mol. The molecule has 0 saturated carbocycles. The summed E-state index contributed by atoms with van der Waals surface area (Å²) >= 11 is 1.34. The summed E-state index contributed by atoms with van der Waals surface area (Å²) in [5.74, 6) is 0.480. The second-order valence-corrected chi connectivity index (χ2v) is 6.68. The maximum atomic E-state index is 12.4. The van der Waals surface area contributed by atoms with E-state index in [1.54, 1.807) is 11.5 Å². The highest BCUT2D eigenvalue weighted by Gasteiger charge is 2.21. The zero-order valence-corrected chi connectivity index (χ0v) is 13.6. The van der Waals surface area contributed by atoms with Crippen LogP contribution in [0.25, 0.3) is 0 Å². The van der Waals surface area contributed by atoms with E-state index in [9.17, 15) is 9.59 Å². The van der Waals surface area contributed by atoms with Crippen LogP contribution in [-0.2, 0) is 16.9 Å². The molecular formula is C13H19N5O2S. The highest BCUT2D eigenvalue weighted by molar-refractivity contribution is 7.13. The zero-order valence-electron chi connectivity index (χ0n) is 12.8. The van der Waals surface area contributed by atoms with Gasteiger partial charge in [0.05, 0.1) is 17.8 Å². The van der Waals surface area contributed by atoms with E-state index in [0.717, 1.165) is 5.69 Å². The van der Waals surface area contributed by atoms with Gasteiger partial charge in [-0.3, -0.25) is 9.36 Å². The van der Waals surface area contributed by atoms with Crippen molar-refractivity contribution in [2.24, 2.45) is 0 Å². The third-order valence-electron chi connectivity index (χ3n) is 2.84. The minimum Gasteiger partial charge on any atom is -0.302 e. The molecule has 2 aromatic rings. The number of hydrogen-bond acceptors (Lipinski definition) is 5. The third kappa shape index (κ3) is 3.38. The van der Waals surface area contributed by atoms with Crippen LogP contribution in [-0.4, -0.2) is 25.2 Å². The summed E-state index contributed by atoms with van der Waals surface area (Å²) in [6, 6.07) is 0. The molecule has 1 amide bonds. The van der Waals surface area contributed by atoms with Gasteiger partial charge >= 0.3 is 5.69 Å². The summed E-state index contributed by atoms with van der Waals surface area (Å²) in [7, 11) is 0. The number of aromatic nitrogens is 4. The van der Waals surface area contributed by atoms with Crippen molar-refractivity contribution >= 4 is 22.4 Å². The molecule has 2 heterocycles. The molecule has 0 bridgehead atoms. The Hall–Kier alpha value is -1.96. The average Bonchev–Trinajstić information content (AvgIpc) is 2.87. The van der Waals surface area contributed by atoms with Gasteiger partial charge in [0.25, 0.3) is 0 Å². The number of anilines is 1. The summed E-state index contributed by atoms with van der Waals surface area (Å²) in [5.41, 5.74) is 0.202. The normalized spacial score (nSPS) is 11.7. The molecule has 2 aromatic heterocycles. The number of nitrogens with one attached hydrogen (secondary N) is 1. The van der Waals surface area contributed by atoms with Crippen molar-refractivity contribution in [3.63, 3.8) is 0 Å². The van der Waals surface area contributed by atoms with Crippen LogP contribution in [0.4, 0.5) is 5.13 Å². The number of aryl methyl sites for hydroxylation is 1. The molecule has 0 aliphatic carbocycles. The van der Waals surface area contributed by atoms with Crippen molar-refractivity contribution in [1.29, 1.82) is 0 Å². The Bertz CT molecular complexity index is 720. The molecule has 114 valence electrons. The molecule has 0 unspecified atom stereocenters. The number of rotatable bonds is 3. The number of thiazole rings is 1. The molecule has 0 aliphatic rings. The van der Waals surface area contributed by atoms with Crippen LogP contribution in [0.5, 0.6) is 0 Å². The topological polar surface area (TPSA) is 81.8 Å². The molecule has 1 N–H and O–H groups in total. The van der Waals surface area contributed by atoms with Crippen molar-refractivity contribution in [1.82, 2.24) is 19.3 Å². The van der Waals surface area contributed by atoms with Crippen LogP contribution in [0, 0.1) is 6.92 Å². The number of carbonyl (C=O) groups excluding carboxylic acids is 1. The number of hydrogen-bond donors (Lipinski definition) is 1. The first kappa shape index (κ1) is 15.4. The summed E-state index contributed by atoms with van der Waals surface area (Å²) in [4.78, 5) is 27.7. The van der Waals surface area contributed by atoms with E-state index in [1.807, 2.05) is 26.2 Å². The van der Waals surface area contributed by atoms with Crippen LogP contribution in [0.1, 0.15) is 39.2 Å². The molecule has 0 fully saturated rings. The van der Waals surface area contributed by atoms with Gasteiger partial charge in [0, 0.05) is 12.3 Å². The van der Waals surface area contributed by atoms with E-state index >= 15 is 0 Å². The van der Waals surface area contributed by atoms with Gasteiger partial charge in [-0.1, -0.05) is 0 Å². The number of amides is 1. The van der Waals surface area contributed by atoms with Crippen molar-refractivity contribution < 1.29 is 4.79 Å². The SMILES string of the molecule is CC(=O)Nc1nc(Cn2c(C)nn(C(C)(C)C)c2=O)cs1. The molecule has 0 spiro atoms. The lowest BCUT2D eigenvalue weighted by atomic mass is 10.1. The van der Waals surface area contributed by atoms with Gasteiger partial charge in [0.15, 0.2) is 5.13 Å². The van der Waals surface area contributed by atoms with Crippen LogP contribution in [0.15, 0.2) is 10.2 Å². The van der Waals surface area contributed by atoms with Crippen molar-refractivity contribution in [3.8, 4) is 0 Å². The lowest BCUT2D eigenvalue weighted by Crippen LogP contribution is -2.36. The predicted molar refractivity (Wildman–Crippen MR) is 81.7 cm³/mol. The lowest BCUT2D eigenvalue weighted by Gasteiger charge is -2.16. The van der Waals surface area contributed by atoms with Gasteiger partial charge in [0.1, 0.15) is 5.82 Å². The summed E-state index contributed by atoms with van der Waals surface area (Å²) in [6.07, 6.45) is 0. The second-order valence-electron chi connectivity index (χ2n) is 5.82. The smallest absolute Gasteiger partial charge is 0.302 e. The van der Waals surface area contributed by atoms with Crippen molar-refractivity contribution in [3.05, 3.63) is 27.4 Å². The fraction of sp³-hybridized carbons (Fsp3) is 0.538. The van der Waals surface area contributed by atoms with E-state index in [1.165, 1.54) is 22.9 Å². The Morgan fingerprint density at radius 1 is 1.43 bits per heavy atom. The Labute approximate surface area is 126 Å². The minimum absolute atomic E-state index is 0.158. The van der Waals surface area contributed by atoms with Crippen LogP contribution < -0.4 is 11.0 Å². The predicted octanol–water partition coefficient (Wildman–Crippen LogP) is 1.57. The molecule has 21 heavy (non-hydrogen) atoms. The first-order valence-corrected chi connectivity index (χ1v) is 7.45. The van der Waals surface area contributed by atoms with E-state index in [2.05, 4.69) is 15.4 Å². The summed E-state index contributed by atoms with van der Waals surface area (Å²) < 4.78 is 3.06. The van der Waals surface area contributed by atoms with Gasteiger partial charge < -0.3 is 5.32 Å². The Balaban J connectivity index is 2.28. The third-order valence-corrected chi connectivity index (χ3v) is 3.64. The second kappa shape index (κ2) is 5.44. The largest absolute Gasteiger partial charge is 0.346 e.